The van der Waals surface area contributed by atoms with E-state index in [1.807, 2.05) is 26.8 Å². The van der Waals surface area contributed by atoms with Crippen LogP contribution in [0.5, 0.6) is 5.75 Å². The lowest BCUT2D eigenvalue weighted by Gasteiger charge is -2.26. The molecule has 0 aliphatic carbocycles. The summed E-state index contributed by atoms with van der Waals surface area (Å²) in [6.07, 6.45) is 1.55. The first-order valence-corrected chi connectivity index (χ1v) is 8.74. The van der Waals surface area contributed by atoms with Crippen LogP contribution >= 0.6 is 11.6 Å². The third-order valence-electron chi connectivity index (χ3n) is 3.81. The zero-order valence-corrected chi connectivity index (χ0v) is 16.3. The largest absolute Gasteiger partial charge is 0.491 e. The molecular formula is C20H23ClN2O3. The van der Waals surface area contributed by atoms with Crippen molar-refractivity contribution in [2.75, 3.05) is 0 Å². The van der Waals surface area contributed by atoms with Gasteiger partial charge in [0.2, 0.25) is 0 Å². The Morgan fingerprint density at radius 2 is 1.88 bits per heavy atom. The van der Waals surface area contributed by atoms with Gasteiger partial charge in [-0.15, -0.1) is 0 Å². The molecule has 6 heteroatoms. The summed E-state index contributed by atoms with van der Waals surface area (Å²) in [5.41, 5.74) is 0.438. The summed E-state index contributed by atoms with van der Waals surface area (Å²) in [6, 6.07) is 8.49. The third-order valence-corrected chi connectivity index (χ3v) is 4.11. The van der Waals surface area contributed by atoms with Crippen molar-refractivity contribution in [2.45, 2.75) is 46.3 Å². The van der Waals surface area contributed by atoms with Crippen molar-refractivity contribution in [1.29, 1.82) is 0 Å². The molecule has 0 fully saturated rings. The number of hydrogen-bond acceptors (Lipinski definition) is 4. The number of ketones is 1. The summed E-state index contributed by atoms with van der Waals surface area (Å²) in [4.78, 5) is 29.3. The monoisotopic (exact) mass is 374 g/mol. The molecule has 0 aliphatic rings. The van der Waals surface area contributed by atoms with E-state index in [1.165, 1.54) is 6.20 Å². The molecule has 26 heavy (non-hydrogen) atoms. The topological polar surface area (TPSA) is 68.3 Å². The maximum Gasteiger partial charge on any atom is 0.255 e. The zero-order chi connectivity index (χ0) is 19.5. The summed E-state index contributed by atoms with van der Waals surface area (Å²) < 4.78 is 5.65. The summed E-state index contributed by atoms with van der Waals surface area (Å²) in [5, 5.41) is 2.84. The van der Waals surface area contributed by atoms with Gasteiger partial charge in [0.25, 0.3) is 5.91 Å². The summed E-state index contributed by atoms with van der Waals surface area (Å²) in [7, 11) is 0. The predicted molar refractivity (Wildman–Crippen MR) is 102 cm³/mol. The molecular weight excluding hydrogens is 352 g/mol. The van der Waals surface area contributed by atoms with E-state index in [2.05, 4.69) is 10.3 Å². The molecule has 0 bridgehead atoms. The predicted octanol–water partition coefficient (Wildman–Crippen LogP) is 4.22. The van der Waals surface area contributed by atoms with E-state index in [0.717, 1.165) is 5.56 Å². The van der Waals surface area contributed by atoms with Gasteiger partial charge in [-0.05, 0) is 70.5 Å². The molecule has 0 saturated carbocycles. The quantitative estimate of drug-likeness (QED) is 0.607. The molecule has 0 spiro atoms. The van der Waals surface area contributed by atoms with Crippen LogP contribution in [0.1, 0.15) is 54.0 Å². The Kier molecular flexibility index (Phi) is 6.03. The lowest BCUT2D eigenvalue weighted by molar-refractivity contribution is 0.0797. The van der Waals surface area contributed by atoms with Crippen LogP contribution < -0.4 is 10.1 Å². The maximum atomic E-state index is 13.0. The van der Waals surface area contributed by atoms with Crippen molar-refractivity contribution < 1.29 is 14.3 Å². The Bertz CT molecular complexity index is 832. The molecule has 0 saturated heterocycles. The second kappa shape index (κ2) is 7.87. The van der Waals surface area contributed by atoms with Gasteiger partial charge in [0.1, 0.15) is 10.9 Å². The second-order valence-electron chi connectivity index (χ2n) is 6.89. The number of Topliss-reactive ketones (excluding diaryl/α,β-unsaturated/α-hetero) is 1. The number of rotatable bonds is 6. The first kappa shape index (κ1) is 19.9. The highest BCUT2D eigenvalue weighted by Crippen LogP contribution is 2.23. The SMILES string of the molecule is Cc1cc(OC(C)C)ccc1C(=O)C(C)(C)NC(=O)c1cccnc1Cl. The number of hydrogen-bond donors (Lipinski definition) is 1. The number of halogens is 1. The average Bonchev–Trinajstić information content (AvgIpc) is 2.53. The number of ether oxygens (including phenoxy) is 1. The van der Waals surface area contributed by atoms with E-state index in [1.54, 1.807) is 38.1 Å². The van der Waals surface area contributed by atoms with Gasteiger partial charge < -0.3 is 10.1 Å². The van der Waals surface area contributed by atoms with E-state index >= 15 is 0 Å². The summed E-state index contributed by atoms with van der Waals surface area (Å²) in [5.74, 6) is 0.0661. The fraction of sp³-hybridized carbons (Fsp3) is 0.350. The van der Waals surface area contributed by atoms with Crippen LogP contribution in [0.2, 0.25) is 5.15 Å². The van der Waals surface area contributed by atoms with Crippen molar-refractivity contribution in [2.24, 2.45) is 0 Å². The number of pyridine rings is 1. The smallest absolute Gasteiger partial charge is 0.255 e. The highest BCUT2D eigenvalue weighted by molar-refractivity contribution is 6.32. The summed E-state index contributed by atoms with van der Waals surface area (Å²) in [6.45, 7) is 9.05. The van der Waals surface area contributed by atoms with Gasteiger partial charge in [-0.3, -0.25) is 9.59 Å². The Hall–Kier alpha value is -2.40. The molecule has 138 valence electrons. The van der Waals surface area contributed by atoms with Crippen molar-refractivity contribution >= 4 is 23.3 Å². The van der Waals surface area contributed by atoms with Gasteiger partial charge in [-0.25, -0.2) is 4.98 Å². The van der Waals surface area contributed by atoms with Crippen molar-refractivity contribution in [3.8, 4) is 5.75 Å². The minimum atomic E-state index is -1.11. The molecule has 0 atom stereocenters. The van der Waals surface area contributed by atoms with E-state index in [9.17, 15) is 9.59 Å². The minimum absolute atomic E-state index is 0.0518. The number of nitrogens with one attached hydrogen (secondary N) is 1. The van der Waals surface area contributed by atoms with Crippen molar-refractivity contribution in [1.82, 2.24) is 10.3 Å². The lowest BCUT2D eigenvalue weighted by atomic mass is 9.90. The Morgan fingerprint density at radius 1 is 1.19 bits per heavy atom. The number of nitrogens with zero attached hydrogens (tertiary/aromatic N) is 1. The number of carbonyl (C=O) groups excluding carboxylic acids is 2. The normalized spacial score (nSPS) is 11.3. The Balaban J connectivity index is 2.22. The molecule has 2 aromatic rings. The number of aromatic nitrogens is 1. The van der Waals surface area contributed by atoms with Crippen LogP contribution in [-0.4, -0.2) is 28.3 Å². The fourth-order valence-corrected chi connectivity index (χ4v) is 2.74. The standard InChI is InChI=1S/C20H23ClN2O3/c1-12(2)26-14-8-9-15(13(3)11-14)17(24)20(4,5)23-19(25)16-7-6-10-22-18(16)21/h6-12H,1-5H3,(H,23,25). The molecule has 0 unspecified atom stereocenters. The Morgan fingerprint density at radius 3 is 2.46 bits per heavy atom. The van der Waals surface area contributed by atoms with Crippen molar-refractivity contribution in [3.63, 3.8) is 0 Å². The average molecular weight is 375 g/mol. The van der Waals surface area contributed by atoms with E-state index in [4.69, 9.17) is 16.3 Å². The zero-order valence-electron chi connectivity index (χ0n) is 15.6. The molecule has 0 radical (unpaired) electrons. The van der Waals surface area contributed by atoms with Crippen molar-refractivity contribution in [3.05, 3.63) is 58.4 Å². The van der Waals surface area contributed by atoms with Crippen LogP contribution in [-0.2, 0) is 0 Å². The molecule has 1 N–H and O–H groups in total. The second-order valence-corrected chi connectivity index (χ2v) is 7.25. The van der Waals surface area contributed by atoms with Crippen LogP contribution in [0.25, 0.3) is 0 Å². The van der Waals surface area contributed by atoms with Crippen LogP contribution in [0.15, 0.2) is 36.5 Å². The first-order valence-electron chi connectivity index (χ1n) is 8.37. The fourth-order valence-electron chi connectivity index (χ4n) is 2.54. The highest BCUT2D eigenvalue weighted by Gasteiger charge is 2.32. The van der Waals surface area contributed by atoms with Gasteiger partial charge in [0.05, 0.1) is 17.2 Å². The highest BCUT2D eigenvalue weighted by atomic mass is 35.5. The van der Waals surface area contributed by atoms with Crippen LogP contribution in [0.4, 0.5) is 0 Å². The number of aryl methyl sites for hydroxylation is 1. The summed E-state index contributed by atoms with van der Waals surface area (Å²) >= 11 is 5.96. The molecule has 1 aromatic carbocycles. The minimum Gasteiger partial charge on any atom is -0.491 e. The molecule has 2 rings (SSSR count). The van der Waals surface area contributed by atoms with E-state index in [-0.39, 0.29) is 22.6 Å². The van der Waals surface area contributed by atoms with Crippen LogP contribution in [0, 0.1) is 6.92 Å². The lowest BCUT2D eigenvalue weighted by Crippen LogP contribution is -2.50. The number of carbonyl (C=O) groups is 2. The van der Waals surface area contributed by atoms with Crippen LogP contribution in [0.3, 0.4) is 0 Å². The Labute approximate surface area is 158 Å². The van der Waals surface area contributed by atoms with Gasteiger partial charge in [0, 0.05) is 11.8 Å². The molecule has 1 amide bonds. The maximum absolute atomic E-state index is 13.0. The van der Waals surface area contributed by atoms with Gasteiger partial charge in [-0.1, -0.05) is 11.6 Å². The third kappa shape index (κ3) is 4.61. The van der Waals surface area contributed by atoms with Gasteiger partial charge in [-0.2, -0.15) is 0 Å². The number of amides is 1. The molecule has 0 aliphatic heterocycles. The van der Waals surface area contributed by atoms with E-state index in [0.29, 0.717) is 11.3 Å². The first-order chi connectivity index (χ1) is 12.1. The number of benzene rings is 1. The van der Waals surface area contributed by atoms with Gasteiger partial charge >= 0.3 is 0 Å². The molecule has 5 nitrogen and oxygen atoms in total. The van der Waals surface area contributed by atoms with E-state index < -0.39 is 11.4 Å². The molecule has 1 aromatic heterocycles. The molecule has 1 heterocycles. The van der Waals surface area contributed by atoms with Gasteiger partial charge in [0.15, 0.2) is 5.78 Å².